The van der Waals surface area contributed by atoms with Crippen molar-refractivity contribution in [2.45, 2.75) is 12.5 Å². The second-order valence-corrected chi connectivity index (χ2v) is 5.01. The lowest BCUT2D eigenvalue weighted by Crippen LogP contribution is -2.15. The van der Waals surface area contributed by atoms with Crippen LogP contribution in [0.5, 0.6) is 0 Å². The maximum Gasteiger partial charge on any atom is 0.123 e. The molecule has 3 rings (SSSR count). The molecule has 0 aliphatic heterocycles. The van der Waals surface area contributed by atoms with Gasteiger partial charge in [0.1, 0.15) is 5.82 Å². The van der Waals surface area contributed by atoms with Crippen LogP contribution in [-0.4, -0.2) is 19.9 Å². The number of aromatic amines is 2. The average Bonchev–Trinajstić information content (AvgIpc) is 3.10. The van der Waals surface area contributed by atoms with Gasteiger partial charge in [0.05, 0.1) is 24.3 Å². The number of benzene rings is 1. The molecule has 0 radical (unpaired) electrons. The number of hydrogen-bond donors (Lipinski definition) is 3. The lowest BCUT2D eigenvalue weighted by molar-refractivity contribution is 0.668. The van der Waals surface area contributed by atoms with E-state index in [-0.39, 0.29) is 6.04 Å². The number of hydrogen-bond acceptors (Lipinski definition) is 3. The van der Waals surface area contributed by atoms with Gasteiger partial charge in [0.2, 0.25) is 0 Å². The highest BCUT2D eigenvalue weighted by molar-refractivity contribution is 6.30. The number of nitrogens with two attached hydrogens (primary N) is 1. The van der Waals surface area contributed by atoms with Crippen molar-refractivity contribution in [2.24, 2.45) is 5.73 Å². The highest BCUT2D eigenvalue weighted by Gasteiger charge is 2.12. The van der Waals surface area contributed by atoms with E-state index in [4.69, 9.17) is 17.3 Å². The fraction of sp³-hybridized carbons (Fsp3) is 0.143. The molecule has 6 heteroatoms. The van der Waals surface area contributed by atoms with Gasteiger partial charge in [-0.05, 0) is 17.7 Å². The minimum absolute atomic E-state index is 0.198. The molecule has 1 atom stereocenters. The Kier molecular flexibility index (Phi) is 3.54. The van der Waals surface area contributed by atoms with Crippen LogP contribution in [0.1, 0.15) is 17.6 Å². The number of H-pyrrole nitrogens is 2. The van der Waals surface area contributed by atoms with Gasteiger partial charge in [0.15, 0.2) is 0 Å². The largest absolute Gasteiger partial charge is 0.348 e. The third-order valence-corrected chi connectivity index (χ3v) is 3.35. The van der Waals surface area contributed by atoms with Gasteiger partial charge in [-0.15, -0.1) is 0 Å². The zero-order chi connectivity index (χ0) is 13.9. The monoisotopic (exact) mass is 287 g/mol. The van der Waals surface area contributed by atoms with Crippen LogP contribution in [0.2, 0.25) is 5.02 Å². The van der Waals surface area contributed by atoms with E-state index in [1.165, 1.54) is 0 Å². The van der Waals surface area contributed by atoms with Gasteiger partial charge in [0, 0.05) is 23.3 Å². The molecule has 5 nitrogen and oxygen atoms in total. The normalized spacial score (nSPS) is 12.5. The van der Waals surface area contributed by atoms with E-state index < -0.39 is 0 Å². The van der Waals surface area contributed by atoms with Crippen molar-refractivity contribution >= 4 is 11.6 Å². The number of imidazole rings is 2. The van der Waals surface area contributed by atoms with Crippen molar-refractivity contribution < 1.29 is 0 Å². The van der Waals surface area contributed by atoms with Gasteiger partial charge in [-0.2, -0.15) is 0 Å². The van der Waals surface area contributed by atoms with Crippen molar-refractivity contribution in [3.8, 4) is 11.3 Å². The summed E-state index contributed by atoms with van der Waals surface area (Å²) >= 11 is 5.88. The van der Waals surface area contributed by atoms with Gasteiger partial charge >= 0.3 is 0 Å². The molecule has 0 unspecified atom stereocenters. The Morgan fingerprint density at radius 2 is 2.00 bits per heavy atom. The quantitative estimate of drug-likeness (QED) is 0.690. The first-order valence-corrected chi connectivity index (χ1v) is 6.64. The van der Waals surface area contributed by atoms with E-state index >= 15 is 0 Å². The van der Waals surface area contributed by atoms with Crippen molar-refractivity contribution in [1.29, 1.82) is 0 Å². The van der Waals surface area contributed by atoms with E-state index in [2.05, 4.69) is 19.9 Å². The average molecular weight is 288 g/mol. The molecule has 0 spiro atoms. The summed E-state index contributed by atoms with van der Waals surface area (Å²) in [6.45, 7) is 0. The molecular weight excluding hydrogens is 274 g/mol. The third kappa shape index (κ3) is 2.74. The van der Waals surface area contributed by atoms with Crippen LogP contribution < -0.4 is 5.73 Å². The molecule has 0 saturated carbocycles. The zero-order valence-corrected chi connectivity index (χ0v) is 11.4. The molecule has 2 aromatic heterocycles. The molecule has 0 saturated heterocycles. The molecule has 3 aromatic rings. The maximum absolute atomic E-state index is 6.14. The third-order valence-electron chi connectivity index (χ3n) is 3.10. The molecule has 1 aromatic carbocycles. The molecule has 0 fully saturated rings. The fourth-order valence-corrected chi connectivity index (χ4v) is 2.16. The molecule has 102 valence electrons. The van der Waals surface area contributed by atoms with Crippen LogP contribution in [0, 0.1) is 0 Å². The number of aromatic nitrogens is 4. The lowest BCUT2D eigenvalue weighted by atomic mass is 10.1. The maximum atomic E-state index is 6.14. The number of nitrogens with zero attached hydrogens (tertiary/aromatic N) is 2. The minimum Gasteiger partial charge on any atom is -0.348 e. The second kappa shape index (κ2) is 5.48. The van der Waals surface area contributed by atoms with E-state index in [0.29, 0.717) is 11.4 Å². The number of rotatable bonds is 4. The molecule has 0 aliphatic carbocycles. The number of halogens is 1. The van der Waals surface area contributed by atoms with Crippen molar-refractivity contribution in [2.75, 3.05) is 0 Å². The first-order valence-electron chi connectivity index (χ1n) is 6.26. The Labute approximate surface area is 121 Å². The minimum atomic E-state index is -0.198. The Morgan fingerprint density at radius 1 is 1.20 bits per heavy atom. The molecule has 0 bridgehead atoms. The molecule has 4 N–H and O–H groups in total. The van der Waals surface area contributed by atoms with E-state index in [0.717, 1.165) is 22.8 Å². The summed E-state index contributed by atoms with van der Waals surface area (Å²) in [7, 11) is 0. The van der Waals surface area contributed by atoms with Crippen LogP contribution in [0.15, 0.2) is 43.0 Å². The summed E-state index contributed by atoms with van der Waals surface area (Å²) in [6, 6.07) is 7.39. The smallest absolute Gasteiger partial charge is 0.123 e. The van der Waals surface area contributed by atoms with Crippen molar-refractivity contribution in [3.05, 3.63) is 59.5 Å². The topological polar surface area (TPSA) is 83.4 Å². The predicted octanol–water partition coefficient (Wildman–Crippen LogP) is 2.70. The molecule has 0 amide bonds. The Morgan fingerprint density at radius 3 is 2.70 bits per heavy atom. The van der Waals surface area contributed by atoms with Crippen LogP contribution in [0.4, 0.5) is 0 Å². The summed E-state index contributed by atoms with van der Waals surface area (Å²) in [5.74, 6) is 0.754. The second-order valence-electron chi connectivity index (χ2n) is 4.58. The van der Waals surface area contributed by atoms with Gasteiger partial charge in [-0.1, -0.05) is 23.7 Å². The van der Waals surface area contributed by atoms with Gasteiger partial charge in [0.25, 0.3) is 0 Å². The SMILES string of the molecule is N[C@@H](Cc1cnc[nH]1)c1ncc(-c2ccc(Cl)cc2)[nH]1. The molecule has 2 heterocycles. The Hall–Kier alpha value is -2.11. The lowest BCUT2D eigenvalue weighted by Gasteiger charge is -2.06. The molecular formula is C14H14ClN5. The highest BCUT2D eigenvalue weighted by atomic mass is 35.5. The summed E-state index contributed by atoms with van der Waals surface area (Å²) in [4.78, 5) is 14.6. The van der Waals surface area contributed by atoms with Crippen LogP contribution in [-0.2, 0) is 6.42 Å². The number of nitrogens with one attached hydrogen (secondary N) is 2. The van der Waals surface area contributed by atoms with Crippen LogP contribution in [0.3, 0.4) is 0 Å². The Balaban J connectivity index is 1.77. The standard InChI is InChI=1S/C14H14ClN5/c15-10-3-1-9(2-4-10)13-7-18-14(20-13)12(16)5-11-6-17-8-19-11/h1-4,6-8,12H,5,16H2,(H,17,19)(H,18,20)/t12-/m0/s1. The summed E-state index contributed by atoms with van der Waals surface area (Å²) in [5.41, 5.74) is 9.08. The van der Waals surface area contributed by atoms with E-state index in [1.54, 1.807) is 18.7 Å². The van der Waals surface area contributed by atoms with Crippen LogP contribution in [0.25, 0.3) is 11.3 Å². The van der Waals surface area contributed by atoms with Crippen LogP contribution >= 0.6 is 11.6 Å². The highest BCUT2D eigenvalue weighted by Crippen LogP contribution is 2.21. The Bertz CT molecular complexity index is 672. The van der Waals surface area contributed by atoms with Crippen molar-refractivity contribution in [3.63, 3.8) is 0 Å². The fourth-order valence-electron chi connectivity index (χ4n) is 2.03. The van der Waals surface area contributed by atoms with Gasteiger partial charge < -0.3 is 15.7 Å². The molecule has 0 aliphatic rings. The van der Waals surface area contributed by atoms with E-state index in [1.807, 2.05) is 24.3 Å². The van der Waals surface area contributed by atoms with E-state index in [9.17, 15) is 0 Å². The first kappa shape index (κ1) is 12.9. The molecule has 20 heavy (non-hydrogen) atoms. The summed E-state index contributed by atoms with van der Waals surface area (Å²) < 4.78 is 0. The zero-order valence-electron chi connectivity index (χ0n) is 10.7. The summed E-state index contributed by atoms with van der Waals surface area (Å²) in [5, 5.41) is 0.712. The van der Waals surface area contributed by atoms with Gasteiger partial charge in [-0.3, -0.25) is 0 Å². The van der Waals surface area contributed by atoms with Crippen molar-refractivity contribution in [1.82, 2.24) is 19.9 Å². The van der Waals surface area contributed by atoms with Gasteiger partial charge in [-0.25, -0.2) is 9.97 Å². The predicted molar refractivity (Wildman–Crippen MR) is 78.3 cm³/mol. The first-order chi connectivity index (χ1) is 9.72. The summed E-state index contributed by atoms with van der Waals surface area (Å²) in [6.07, 6.45) is 5.85.